The maximum atomic E-state index is 12.1. The van der Waals surface area contributed by atoms with Gasteiger partial charge in [0.05, 0.1) is 6.26 Å². The predicted octanol–water partition coefficient (Wildman–Crippen LogP) is 2.21. The summed E-state index contributed by atoms with van der Waals surface area (Å²) >= 11 is 0. The fourth-order valence-corrected chi connectivity index (χ4v) is 2.94. The van der Waals surface area contributed by atoms with Crippen LogP contribution in [0.2, 0.25) is 0 Å². The third-order valence-corrected chi connectivity index (χ3v) is 4.59. The van der Waals surface area contributed by atoms with E-state index in [0.29, 0.717) is 31.0 Å². The van der Waals surface area contributed by atoms with Crippen LogP contribution in [0.3, 0.4) is 0 Å². The Hall–Kier alpha value is -3.29. The Morgan fingerprint density at radius 3 is 2.58 bits per heavy atom. The second-order valence-corrected chi connectivity index (χ2v) is 7.38. The minimum atomic E-state index is -0.202. The molecular weight excluding hydrogens is 394 g/mol. The molecule has 2 amide bonds. The molecule has 0 unspecified atom stereocenters. The number of hydrogen-bond acceptors (Lipinski definition) is 4. The maximum Gasteiger partial charge on any atom is 0.287 e. The Morgan fingerprint density at radius 2 is 1.90 bits per heavy atom. The molecule has 0 radical (unpaired) electrons. The van der Waals surface area contributed by atoms with Crippen molar-refractivity contribution >= 4 is 17.8 Å². The largest absolute Gasteiger partial charge is 0.459 e. The van der Waals surface area contributed by atoms with E-state index in [4.69, 9.17) is 4.42 Å². The van der Waals surface area contributed by atoms with Crippen molar-refractivity contribution in [2.75, 3.05) is 40.3 Å². The summed E-state index contributed by atoms with van der Waals surface area (Å²) in [5, 5.41) is 9.37. The molecule has 8 heteroatoms. The smallest absolute Gasteiger partial charge is 0.287 e. The summed E-state index contributed by atoms with van der Waals surface area (Å²) in [7, 11) is 3.50. The predicted molar refractivity (Wildman–Crippen MR) is 123 cm³/mol. The van der Waals surface area contributed by atoms with Crippen LogP contribution >= 0.6 is 0 Å². The highest BCUT2D eigenvalue weighted by Gasteiger charge is 2.11. The van der Waals surface area contributed by atoms with E-state index < -0.39 is 0 Å². The molecule has 0 bridgehead atoms. The van der Waals surface area contributed by atoms with E-state index in [2.05, 4.69) is 20.9 Å². The quantitative estimate of drug-likeness (QED) is 0.307. The molecule has 0 saturated heterocycles. The van der Waals surface area contributed by atoms with Crippen LogP contribution in [0, 0.1) is 6.92 Å². The van der Waals surface area contributed by atoms with Gasteiger partial charge in [-0.3, -0.25) is 14.6 Å². The molecule has 1 aromatic heterocycles. The van der Waals surface area contributed by atoms with Gasteiger partial charge in [-0.15, -0.1) is 0 Å². The number of carbonyl (C=O) groups is 2. The summed E-state index contributed by atoms with van der Waals surface area (Å²) in [5.41, 5.74) is 2.60. The van der Waals surface area contributed by atoms with E-state index in [1.54, 1.807) is 25.1 Å². The fourth-order valence-electron chi connectivity index (χ4n) is 2.94. The van der Waals surface area contributed by atoms with Crippen LogP contribution in [0.5, 0.6) is 0 Å². The van der Waals surface area contributed by atoms with Gasteiger partial charge in [-0.1, -0.05) is 12.1 Å². The number of aliphatic imine (C=N–C) groups is 1. The summed E-state index contributed by atoms with van der Waals surface area (Å²) in [6, 6.07) is 9.45. The Balaban J connectivity index is 1.76. The second-order valence-electron chi connectivity index (χ2n) is 7.38. The first-order chi connectivity index (χ1) is 14.9. The molecule has 1 heterocycles. The van der Waals surface area contributed by atoms with E-state index in [-0.39, 0.29) is 11.8 Å². The Kier molecular flexibility index (Phi) is 9.61. The highest BCUT2D eigenvalue weighted by molar-refractivity contribution is 5.94. The van der Waals surface area contributed by atoms with Gasteiger partial charge in [0.1, 0.15) is 0 Å². The number of amides is 2. The van der Waals surface area contributed by atoms with Crippen LogP contribution in [-0.4, -0.2) is 62.9 Å². The molecule has 0 spiro atoms. The Labute approximate surface area is 184 Å². The van der Waals surface area contributed by atoms with Crippen LogP contribution in [-0.2, 0) is 6.42 Å². The number of hydrogen-bond donors (Lipinski definition) is 3. The third-order valence-electron chi connectivity index (χ3n) is 4.59. The standard InChI is InChI=1S/C23H33N5O3/c1-5-24-23(26-13-7-12-25-21(29)20-17(2)11-15-31-20)27-14-10-18-8-6-9-19(16-18)22(30)28(3)4/h6,8-9,11,15-16H,5,7,10,12-14H2,1-4H3,(H,25,29)(H2,24,26,27). The number of aryl methyl sites for hydroxylation is 1. The third kappa shape index (κ3) is 7.81. The van der Waals surface area contributed by atoms with Crippen molar-refractivity contribution in [3.8, 4) is 0 Å². The molecule has 1 aromatic carbocycles. The van der Waals surface area contributed by atoms with Gasteiger partial charge < -0.3 is 25.3 Å². The summed E-state index contributed by atoms with van der Waals surface area (Å²) in [4.78, 5) is 30.3. The first-order valence-corrected chi connectivity index (χ1v) is 10.6. The van der Waals surface area contributed by atoms with Crippen LogP contribution in [0.15, 0.2) is 46.0 Å². The lowest BCUT2D eigenvalue weighted by atomic mass is 10.1. The molecule has 31 heavy (non-hydrogen) atoms. The van der Waals surface area contributed by atoms with E-state index in [9.17, 15) is 9.59 Å². The van der Waals surface area contributed by atoms with E-state index >= 15 is 0 Å². The van der Waals surface area contributed by atoms with Gasteiger partial charge in [0.15, 0.2) is 11.7 Å². The van der Waals surface area contributed by atoms with Crippen LogP contribution in [0.1, 0.15) is 45.4 Å². The summed E-state index contributed by atoms with van der Waals surface area (Å²) in [5.74, 6) is 0.886. The van der Waals surface area contributed by atoms with Crippen molar-refractivity contribution in [2.24, 2.45) is 4.99 Å². The number of furan rings is 1. The first kappa shape index (κ1) is 24.0. The lowest BCUT2D eigenvalue weighted by Crippen LogP contribution is -2.38. The molecule has 0 aliphatic rings. The number of guanidine groups is 1. The zero-order valence-electron chi connectivity index (χ0n) is 18.8. The number of nitrogens with one attached hydrogen (secondary N) is 3. The van der Waals surface area contributed by atoms with E-state index in [0.717, 1.165) is 36.5 Å². The zero-order chi connectivity index (χ0) is 22.6. The lowest BCUT2D eigenvalue weighted by Gasteiger charge is -2.13. The van der Waals surface area contributed by atoms with Crippen molar-refractivity contribution < 1.29 is 14.0 Å². The van der Waals surface area contributed by atoms with Gasteiger partial charge in [-0.05, 0) is 50.5 Å². The normalized spacial score (nSPS) is 11.2. The van der Waals surface area contributed by atoms with Gasteiger partial charge >= 0.3 is 0 Å². The molecule has 0 aliphatic carbocycles. The number of benzene rings is 1. The van der Waals surface area contributed by atoms with Crippen molar-refractivity contribution in [3.05, 3.63) is 59.0 Å². The monoisotopic (exact) mass is 427 g/mol. The number of rotatable bonds is 10. The topological polar surface area (TPSA) is 99.0 Å². The van der Waals surface area contributed by atoms with Crippen molar-refractivity contribution in [1.82, 2.24) is 20.9 Å². The molecule has 0 fully saturated rings. The molecule has 8 nitrogen and oxygen atoms in total. The molecule has 2 aromatic rings. The van der Waals surface area contributed by atoms with Crippen molar-refractivity contribution in [3.63, 3.8) is 0 Å². The van der Waals surface area contributed by atoms with Gasteiger partial charge in [0.2, 0.25) is 0 Å². The lowest BCUT2D eigenvalue weighted by molar-refractivity contribution is 0.0827. The first-order valence-electron chi connectivity index (χ1n) is 10.6. The number of nitrogens with zero attached hydrogens (tertiary/aromatic N) is 2. The number of carbonyl (C=O) groups excluding carboxylic acids is 2. The van der Waals surface area contributed by atoms with Gasteiger partial charge in [0.25, 0.3) is 11.8 Å². The van der Waals surface area contributed by atoms with Gasteiger partial charge in [-0.2, -0.15) is 0 Å². The highest BCUT2D eigenvalue weighted by Crippen LogP contribution is 2.08. The van der Waals surface area contributed by atoms with E-state index in [1.807, 2.05) is 38.1 Å². The molecule has 0 atom stereocenters. The Morgan fingerprint density at radius 1 is 1.10 bits per heavy atom. The summed E-state index contributed by atoms with van der Waals surface area (Å²) in [6.45, 7) is 6.41. The fraction of sp³-hybridized carbons (Fsp3) is 0.435. The van der Waals surface area contributed by atoms with Gasteiger partial charge in [0, 0.05) is 51.4 Å². The second kappa shape index (κ2) is 12.4. The maximum absolute atomic E-state index is 12.1. The van der Waals surface area contributed by atoms with E-state index in [1.165, 1.54) is 6.26 Å². The van der Waals surface area contributed by atoms with Crippen molar-refractivity contribution in [2.45, 2.75) is 26.7 Å². The minimum absolute atomic E-state index is 0.000917. The van der Waals surface area contributed by atoms with Crippen molar-refractivity contribution in [1.29, 1.82) is 0 Å². The Bertz CT molecular complexity index is 889. The van der Waals surface area contributed by atoms with Gasteiger partial charge in [-0.25, -0.2) is 0 Å². The molecule has 2 rings (SSSR count). The zero-order valence-corrected chi connectivity index (χ0v) is 18.8. The molecule has 168 valence electrons. The van der Waals surface area contributed by atoms with Crippen LogP contribution < -0.4 is 16.0 Å². The average Bonchev–Trinajstić information content (AvgIpc) is 3.19. The van der Waals surface area contributed by atoms with Crippen LogP contribution in [0.25, 0.3) is 0 Å². The SMILES string of the molecule is CCNC(=NCCCNC(=O)c1occc1C)NCCc1cccc(C(=O)N(C)C)c1. The molecule has 0 aliphatic heterocycles. The molecule has 3 N–H and O–H groups in total. The summed E-state index contributed by atoms with van der Waals surface area (Å²) < 4.78 is 5.19. The molecule has 0 saturated carbocycles. The average molecular weight is 428 g/mol. The molecular formula is C23H33N5O3. The minimum Gasteiger partial charge on any atom is -0.459 e. The highest BCUT2D eigenvalue weighted by atomic mass is 16.3. The van der Waals surface area contributed by atoms with Crippen LogP contribution in [0.4, 0.5) is 0 Å². The summed E-state index contributed by atoms with van der Waals surface area (Å²) in [6.07, 6.45) is 3.01.